The second-order valence-electron chi connectivity index (χ2n) is 7.11. The van der Waals surface area contributed by atoms with Gasteiger partial charge in [0.05, 0.1) is 6.33 Å². The average Bonchev–Trinajstić information content (AvgIpc) is 3.12. The summed E-state index contributed by atoms with van der Waals surface area (Å²) in [7, 11) is 1.92. The molecule has 1 aromatic carbocycles. The number of benzene rings is 1. The number of carbonyl (C=O) groups is 1. The molecule has 1 saturated carbocycles. The van der Waals surface area contributed by atoms with Crippen molar-refractivity contribution >= 4 is 28.7 Å². The van der Waals surface area contributed by atoms with Crippen molar-refractivity contribution in [3.63, 3.8) is 0 Å². The van der Waals surface area contributed by atoms with Crippen molar-refractivity contribution in [2.45, 2.75) is 44.7 Å². The highest BCUT2D eigenvalue weighted by atomic mass is 35.5. The zero-order chi connectivity index (χ0) is 18.8. The summed E-state index contributed by atoms with van der Waals surface area (Å²) in [6, 6.07) is 8.12. The van der Waals surface area contributed by atoms with E-state index in [1.54, 1.807) is 6.33 Å². The molecule has 140 valence electrons. The molecule has 4 rings (SSSR count). The molecular formula is C20H22ClN5O. The molecule has 1 aliphatic rings. The molecular weight excluding hydrogens is 362 g/mol. The number of imidazole rings is 1. The SMILES string of the molecule is CN(C(=O)c1ccc(Cn2cnc3ncnc(Cl)c32)cc1)C1CCCCC1. The highest BCUT2D eigenvalue weighted by Crippen LogP contribution is 2.23. The Bertz CT molecular complexity index is 947. The Morgan fingerprint density at radius 2 is 1.89 bits per heavy atom. The smallest absolute Gasteiger partial charge is 0.253 e. The van der Waals surface area contributed by atoms with Gasteiger partial charge in [0, 0.05) is 25.2 Å². The zero-order valence-corrected chi connectivity index (χ0v) is 16.1. The van der Waals surface area contributed by atoms with Gasteiger partial charge < -0.3 is 9.47 Å². The fraction of sp³-hybridized carbons (Fsp3) is 0.400. The van der Waals surface area contributed by atoms with Gasteiger partial charge in [-0.25, -0.2) is 15.0 Å². The van der Waals surface area contributed by atoms with E-state index in [0.29, 0.717) is 23.4 Å². The van der Waals surface area contributed by atoms with Crippen molar-refractivity contribution in [3.8, 4) is 0 Å². The van der Waals surface area contributed by atoms with Gasteiger partial charge in [-0.15, -0.1) is 0 Å². The summed E-state index contributed by atoms with van der Waals surface area (Å²) < 4.78 is 1.92. The van der Waals surface area contributed by atoms with Crippen LogP contribution in [0.2, 0.25) is 5.15 Å². The van der Waals surface area contributed by atoms with Crippen molar-refractivity contribution in [2.75, 3.05) is 7.05 Å². The van der Waals surface area contributed by atoms with Gasteiger partial charge in [0.1, 0.15) is 11.8 Å². The van der Waals surface area contributed by atoms with E-state index in [1.165, 1.54) is 25.6 Å². The zero-order valence-electron chi connectivity index (χ0n) is 15.3. The van der Waals surface area contributed by atoms with Crippen LogP contribution in [0.5, 0.6) is 0 Å². The Morgan fingerprint density at radius 1 is 1.15 bits per heavy atom. The normalized spacial score (nSPS) is 15.2. The van der Waals surface area contributed by atoms with E-state index in [9.17, 15) is 4.79 Å². The summed E-state index contributed by atoms with van der Waals surface area (Å²) in [5.74, 6) is 0.0953. The van der Waals surface area contributed by atoms with Crippen LogP contribution in [0.1, 0.15) is 48.0 Å². The number of hydrogen-bond acceptors (Lipinski definition) is 4. The van der Waals surface area contributed by atoms with Crippen molar-refractivity contribution in [1.82, 2.24) is 24.4 Å². The van der Waals surface area contributed by atoms with Crippen LogP contribution in [0.25, 0.3) is 11.2 Å². The van der Waals surface area contributed by atoms with Crippen molar-refractivity contribution in [2.24, 2.45) is 0 Å². The molecule has 0 aliphatic heterocycles. The maximum atomic E-state index is 12.8. The molecule has 0 saturated heterocycles. The van der Waals surface area contributed by atoms with Gasteiger partial charge in [-0.05, 0) is 30.5 Å². The van der Waals surface area contributed by atoms with Crippen LogP contribution >= 0.6 is 11.6 Å². The Labute approximate surface area is 163 Å². The lowest BCUT2D eigenvalue weighted by atomic mass is 9.94. The van der Waals surface area contributed by atoms with Crippen LogP contribution < -0.4 is 0 Å². The molecule has 0 atom stereocenters. The minimum absolute atomic E-state index is 0.0953. The van der Waals surface area contributed by atoms with E-state index >= 15 is 0 Å². The first-order valence-electron chi connectivity index (χ1n) is 9.31. The minimum atomic E-state index is 0.0953. The number of amides is 1. The van der Waals surface area contributed by atoms with Gasteiger partial charge in [0.2, 0.25) is 0 Å². The molecule has 0 bridgehead atoms. The molecule has 0 radical (unpaired) electrons. The number of halogens is 1. The Morgan fingerprint density at radius 3 is 2.63 bits per heavy atom. The number of fused-ring (bicyclic) bond motifs is 1. The molecule has 0 spiro atoms. The highest BCUT2D eigenvalue weighted by Gasteiger charge is 2.22. The number of hydrogen-bond donors (Lipinski definition) is 0. The summed E-state index contributed by atoms with van der Waals surface area (Å²) in [5, 5.41) is 0.387. The van der Waals surface area contributed by atoms with Gasteiger partial charge in [-0.2, -0.15) is 0 Å². The monoisotopic (exact) mass is 383 g/mol. The van der Waals surface area contributed by atoms with E-state index in [1.807, 2.05) is 40.8 Å². The lowest BCUT2D eigenvalue weighted by Gasteiger charge is -2.31. The largest absolute Gasteiger partial charge is 0.339 e. The lowest BCUT2D eigenvalue weighted by molar-refractivity contribution is 0.0696. The minimum Gasteiger partial charge on any atom is -0.339 e. The molecule has 0 N–H and O–H groups in total. The van der Waals surface area contributed by atoms with Crippen LogP contribution in [0.15, 0.2) is 36.9 Å². The average molecular weight is 384 g/mol. The van der Waals surface area contributed by atoms with Crippen LogP contribution in [0, 0.1) is 0 Å². The highest BCUT2D eigenvalue weighted by molar-refractivity contribution is 6.33. The number of carbonyl (C=O) groups excluding carboxylic acids is 1. The Balaban J connectivity index is 1.49. The van der Waals surface area contributed by atoms with Gasteiger partial charge in [-0.1, -0.05) is 43.0 Å². The van der Waals surface area contributed by atoms with Crippen molar-refractivity contribution in [1.29, 1.82) is 0 Å². The molecule has 2 aromatic heterocycles. The quantitative estimate of drug-likeness (QED) is 0.640. The first-order valence-corrected chi connectivity index (χ1v) is 9.68. The van der Waals surface area contributed by atoms with Crippen LogP contribution in [-0.2, 0) is 6.54 Å². The third kappa shape index (κ3) is 3.67. The standard InChI is InChI=1S/C20H22ClN5O/c1-25(16-5-3-2-4-6-16)20(27)15-9-7-14(8-10-15)11-26-13-24-19-17(26)18(21)22-12-23-19/h7-10,12-13,16H,2-6,11H2,1H3. The molecule has 3 aromatic rings. The summed E-state index contributed by atoms with van der Waals surface area (Å²) in [6.45, 7) is 0.594. The number of nitrogens with zero attached hydrogens (tertiary/aromatic N) is 5. The van der Waals surface area contributed by atoms with E-state index < -0.39 is 0 Å². The maximum absolute atomic E-state index is 12.8. The van der Waals surface area contributed by atoms with Gasteiger partial charge in [0.25, 0.3) is 5.91 Å². The second-order valence-corrected chi connectivity index (χ2v) is 7.47. The van der Waals surface area contributed by atoms with Crippen molar-refractivity contribution < 1.29 is 4.79 Å². The fourth-order valence-electron chi connectivity index (χ4n) is 3.78. The third-order valence-electron chi connectivity index (χ3n) is 5.36. The van der Waals surface area contributed by atoms with Gasteiger partial charge >= 0.3 is 0 Å². The molecule has 1 amide bonds. The third-order valence-corrected chi connectivity index (χ3v) is 5.64. The summed E-state index contributed by atoms with van der Waals surface area (Å²) >= 11 is 6.18. The molecule has 1 aliphatic carbocycles. The Kier molecular flexibility index (Phi) is 5.07. The predicted molar refractivity (Wildman–Crippen MR) is 105 cm³/mol. The first kappa shape index (κ1) is 17.9. The number of rotatable bonds is 4. The van der Waals surface area contributed by atoms with E-state index in [-0.39, 0.29) is 5.91 Å². The van der Waals surface area contributed by atoms with Gasteiger partial charge in [-0.3, -0.25) is 4.79 Å². The maximum Gasteiger partial charge on any atom is 0.253 e. The topological polar surface area (TPSA) is 63.9 Å². The van der Waals surface area contributed by atoms with E-state index in [4.69, 9.17) is 11.6 Å². The molecule has 27 heavy (non-hydrogen) atoms. The van der Waals surface area contributed by atoms with E-state index in [2.05, 4.69) is 15.0 Å². The molecule has 7 heteroatoms. The molecule has 1 fully saturated rings. The molecule has 0 unspecified atom stereocenters. The first-order chi connectivity index (χ1) is 13.1. The number of aromatic nitrogens is 4. The molecule has 2 heterocycles. The Hall–Kier alpha value is -2.47. The summed E-state index contributed by atoms with van der Waals surface area (Å²) in [4.78, 5) is 27.1. The summed E-state index contributed by atoms with van der Waals surface area (Å²) in [6.07, 6.45) is 9.05. The van der Waals surface area contributed by atoms with Crippen molar-refractivity contribution in [3.05, 3.63) is 53.2 Å². The van der Waals surface area contributed by atoms with E-state index in [0.717, 1.165) is 29.5 Å². The second kappa shape index (κ2) is 7.64. The van der Waals surface area contributed by atoms with Crippen LogP contribution in [0.3, 0.4) is 0 Å². The lowest BCUT2D eigenvalue weighted by Crippen LogP contribution is -2.38. The summed E-state index contributed by atoms with van der Waals surface area (Å²) in [5.41, 5.74) is 3.09. The fourth-order valence-corrected chi connectivity index (χ4v) is 4.02. The predicted octanol–water partition coefficient (Wildman–Crippen LogP) is 3.93. The van der Waals surface area contributed by atoms with Gasteiger partial charge in [0.15, 0.2) is 10.8 Å². The van der Waals surface area contributed by atoms with Crippen LogP contribution in [0.4, 0.5) is 0 Å². The van der Waals surface area contributed by atoms with Crippen LogP contribution in [-0.4, -0.2) is 43.4 Å². The molecule has 6 nitrogen and oxygen atoms in total.